The molecular formula is C30H32N9O2PS2. The van der Waals surface area contributed by atoms with Gasteiger partial charge in [0.2, 0.25) is 10.3 Å². The largest absolute Gasteiger partial charge is 0.856 e. The Morgan fingerprint density at radius 3 is 1.89 bits per heavy atom. The molecule has 0 unspecified atom stereocenters. The second-order valence-electron chi connectivity index (χ2n) is 9.57. The van der Waals surface area contributed by atoms with Crippen LogP contribution in [0.5, 0.6) is 0 Å². The van der Waals surface area contributed by atoms with Crippen molar-refractivity contribution in [2.24, 2.45) is 10.2 Å². The number of hydrogen-bond donors (Lipinski definition) is 2. The lowest BCUT2D eigenvalue weighted by Crippen LogP contribution is -2.54. The summed E-state index contributed by atoms with van der Waals surface area (Å²) in [5, 5.41) is 36.2. The van der Waals surface area contributed by atoms with E-state index < -0.39 is 12.6 Å². The molecule has 1 aliphatic heterocycles. The van der Waals surface area contributed by atoms with Gasteiger partial charge in [0.15, 0.2) is 0 Å². The van der Waals surface area contributed by atoms with Crippen LogP contribution in [0, 0.1) is 6.92 Å². The molecule has 0 spiro atoms. The first-order valence-electron chi connectivity index (χ1n) is 13.5. The van der Waals surface area contributed by atoms with E-state index >= 15 is 0 Å². The molecule has 0 saturated heterocycles. The van der Waals surface area contributed by atoms with Crippen LogP contribution in [0.15, 0.2) is 123 Å². The lowest BCUT2D eigenvalue weighted by atomic mass is 10.4. The molecule has 3 aromatic carbocycles. The summed E-state index contributed by atoms with van der Waals surface area (Å²) in [6.45, 7) is 3.24. The average Bonchev–Trinajstić information content (AvgIpc) is 3.06. The zero-order chi connectivity index (χ0) is 31.3. The zero-order valence-corrected chi connectivity index (χ0v) is 27.4. The summed E-state index contributed by atoms with van der Waals surface area (Å²) in [6, 6.07) is 30.6. The number of nitrogens with zero attached hydrogens (tertiary/aromatic N) is 7. The summed E-state index contributed by atoms with van der Waals surface area (Å²) in [5.74, 6) is -0.112. The molecule has 0 bridgehead atoms. The Kier molecular flexibility index (Phi) is 9.58. The predicted molar refractivity (Wildman–Crippen MR) is 179 cm³/mol. The fraction of sp³-hybridized carbons (Fsp3) is 0.167. The molecule has 0 saturated carbocycles. The highest BCUT2D eigenvalue weighted by molar-refractivity contribution is 8.13. The average molecular weight is 646 g/mol. The highest BCUT2D eigenvalue weighted by Gasteiger charge is 2.36. The Hall–Kier alpha value is -4.32. The molecule has 0 fully saturated rings. The third kappa shape index (κ3) is 5.78. The maximum Gasteiger partial charge on any atom is 0.433 e. The number of hydrogen-bond acceptors (Lipinski definition) is 10. The SMILES string of the molecule is CSC1=NNC(C)=C([O-])N1N/C(=N\n1c(SC)nnc(C)c1=O)[N+](C)=P(c1ccccc1)(c1ccccc1)c1ccccc1. The number of thioether (sulfide) groups is 2. The molecule has 0 amide bonds. The monoisotopic (exact) mass is 645 g/mol. The first kappa shape index (κ1) is 31.1. The lowest BCUT2D eigenvalue weighted by molar-refractivity contribution is -0.361. The van der Waals surface area contributed by atoms with Gasteiger partial charge in [0.25, 0.3) is 0 Å². The summed E-state index contributed by atoms with van der Waals surface area (Å²) in [6.07, 6.45) is 3.62. The molecule has 0 aliphatic carbocycles. The van der Waals surface area contributed by atoms with Crippen molar-refractivity contribution < 1.29 is 9.43 Å². The zero-order valence-electron chi connectivity index (χ0n) is 24.9. The number of aromatic nitrogens is 3. The third-order valence-corrected chi connectivity index (χ3v) is 12.4. The first-order valence-corrected chi connectivity index (χ1v) is 17.7. The van der Waals surface area contributed by atoms with Gasteiger partial charge in [-0.05, 0) is 26.4 Å². The van der Waals surface area contributed by atoms with Crippen LogP contribution >= 0.6 is 30.6 Å². The Morgan fingerprint density at radius 2 is 1.41 bits per heavy atom. The van der Waals surface area contributed by atoms with Crippen molar-refractivity contribution in [1.29, 1.82) is 0 Å². The molecule has 11 nitrogen and oxygen atoms in total. The number of allylic oxidation sites excluding steroid dienone is 1. The second kappa shape index (κ2) is 13.5. The number of rotatable bonds is 6. The van der Waals surface area contributed by atoms with E-state index in [0.717, 1.165) is 15.9 Å². The topological polar surface area (TPSA) is 126 Å². The number of hydrazone groups is 1. The van der Waals surface area contributed by atoms with Crippen LogP contribution in [0.25, 0.3) is 0 Å². The fourth-order valence-corrected chi connectivity index (χ4v) is 9.75. The van der Waals surface area contributed by atoms with E-state index in [1.165, 1.54) is 33.2 Å². The molecule has 1 aliphatic rings. The van der Waals surface area contributed by atoms with Crippen molar-refractivity contribution in [2.75, 3.05) is 19.6 Å². The number of benzene rings is 3. The smallest absolute Gasteiger partial charge is 0.433 e. The van der Waals surface area contributed by atoms with Crippen molar-refractivity contribution in [3.8, 4) is 0 Å². The Bertz CT molecular complexity index is 1760. The number of hydrazine groups is 1. The number of nitrogens with one attached hydrogen (secondary N) is 2. The van der Waals surface area contributed by atoms with Crippen LogP contribution < -0.4 is 37.4 Å². The van der Waals surface area contributed by atoms with Crippen LogP contribution in [0.2, 0.25) is 0 Å². The van der Waals surface area contributed by atoms with E-state index in [4.69, 9.17) is 5.10 Å². The Labute approximate surface area is 264 Å². The van der Waals surface area contributed by atoms with Gasteiger partial charge >= 0.3 is 11.5 Å². The van der Waals surface area contributed by atoms with Crippen LogP contribution in [-0.2, 0) is 0 Å². The van der Waals surface area contributed by atoms with Crippen LogP contribution in [0.1, 0.15) is 12.6 Å². The Morgan fingerprint density at radius 1 is 0.886 bits per heavy atom. The predicted octanol–water partition coefficient (Wildman–Crippen LogP) is 2.20. The van der Waals surface area contributed by atoms with E-state index in [9.17, 15) is 9.90 Å². The Balaban J connectivity index is 1.95. The molecule has 226 valence electrons. The lowest BCUT2D eigenvalue weighted by Gasteiger charge is -2.34. The quantitative estimate of drug-likeness (QED) is 0.141. The summed E-state index contributed by atoms with van der Waals surface area (Å²) in [5.41, 5.74) is 6.14. The number of aryl methyl sites for hydroxylation is 1. The minimum atomic E-state index is -2.74. The maximum atomic E-state index is 13.5. The third-order valence-electron chi connectivity index (χ3n) is 6.92. The summed E-state index contributed by atoms with van der Waals surface area (Å²) >= 11 is 2.53. The fourth-order valence-electron chi connectivity index (χ4n) is 4.77. The minimum Gasteiger partial charge on any atom is -0.856 e. The van der Waals surface area contributed by atoms with Crippen molar-refractivity contribution in [1.82, 2.24) is 30.7 Å². The van der Waals surface area contributed by atoms with Crippen molar-refractivity contribution in [3.63, 3.8) is 0 Å². The molecule has 2 N–H and O–H groups in total. The van der Waals surface area contributed by atoms with Gasteiger partial charge in [-0.1, -0.05) is 115 Å². The van der Waals surface area contributed by atoms with E-state index in [1.807, 2.05) is 72.2 Å². The molecule has 5 rings (SSSR count). The normalized spacial score (nSPS) is 13.8. The molecular weight excluding hydrogens is 613 g/mol. The van der Waals surface area contributed by atoms with Gasteiger partial charge in [0.1, 0.15) is 5.69 Å². The van der Waals surface area contributed by atoms with E-state index in [2.05, 4.69) is 62.5 Å². The molecule has 0 radical (unpaired) electrons. The highest BCUT2D eigenvalue weighted by Crippen LogP contribution is 2.45. The van der Waals surface area contributed by atoms with Crippen LogP contribution in [0.4, 0.5) is 0 Å². The van der Waals surface area contributed by atoms with Crippen molar-refractivity contribution >= 4 is 57.6 Å². The van der Waals surface area contributed by atoms with Gasteiger partial charge < -0.3 is 5.11 Å². The van der Waals surface area contributed by atoms with Gasteiger partial charge in [-0.25, -0.2) is 4.33 Å². The highest BCUT2D eigenvalue weighted by atomic mass is 32.2. The molecule has 44 heavy (non-hydrogen) atoms. The second-order valence-corrected chi connectivity index (χ2v) is 14.5. The first-order chi connectivity index (χ1) is 21.3. The van der Waals surface area contributed by atoms with Gasteiger partial charge in [0, 0.05) is 32.6 Å². The molecule has 0 atom stereocenters. The molecule has 2 heterocycles. The molecule has 4 aromatic rings. The number of amidine groups is 1. The van der Waals surface area contributed by atoms with Crippen LogP contribution in [0.3, 0.4) is 0 Å². The summed E-state index contributed by atoms with van der Waals surface area (Å²) in [7, 11) is -0.816. The maximum absolute atomic E-state index is 13.5. The minimum absolute atomic E-state index is 0.192. The summed E-state index contributed by atoms with van der Waals surface area (Å²) in [4.78, 5) is 13.5. The number of guanidine groups is 1. The standard InChI is InChI=1S/C30H32N9O2PS2/c1-21-26(40)38(29(43-4)33-31-21)35-28(36-39-27(41)22(2)32-34-30(39)44-5)37(3)42(23-15-9-6-10-16-23,24-17-11-7-12-18-24)25-19-13-8-14-20-25/h6-20H,1-5H3,(H2-,31,32,35,36,40,41). The summed E-state index contributed by atoms with van der Waals surface area (Å²) < 4.78 is 3.27. The van der Waals surface area contributed by atoms with Gasteiger partial charge in [-0.2, -0.15) is 10.4 Å². The molecule has 1 aromatic heterocycles. The van der Waals surface area contributed by atoms with E-state index in [1.54, 1.807) is 20.1 Å². The van der Waals surface area contributed by atoms with Gasteiger partial charge in [-0.3, -0.25) is 10.2 Å². The van der Waals surface area contributed by atoms with E-state index in [0.29, 0.717) is 16.0 Å². The van der Waals surface area contributed by atoms with Crippen molar-refractivity contribution in [3.05, 3.63) is 119 Å². The van der Waals surface area contributed by atoms with Crippen LogP contribution in [-0.4, -0.2) is 54.9 Å². The van der Waals surface area contributed by atoms with Crippen molar-refractivity contribution in [2.45, 2.75) is 19.0 Å². The van der Waals surface area contributed by atoms with Gasteiger partial charge in [0.05, 0.1) is 14.1 Å². The molecule has 14 heteroatoms. The van der Waals surface area contributed by atoms with E-state index in [-0.39, 0.29) is 17.5 Å². The van der Waals surface area contributed by atoms with Gasteiger partial charge in [-0.15, -0.1) is 20.0 Å².